The van der Waals surface area contributed by atoms with E-state index < -0.39 is 10.0 Å². The molecule has 2 fully saturated rings. The first kappa shape index (κ1) is 17.9. The molecule has 1 aromatic rings. The fourth-order valence-corrected chi connectivity index (χ4v) is 5.40. The molecule has 0 spiro atoms. The summed E-state index contributed by atoms with van der Waals surface area (Å²) in [5.74, 6) is 1.55. The molecule has 3 rings (SSSR count). The van der Waals surface area contributed by atoms with E-state index in [4.69, 9.17) is 23.8 Å². The van der Waals surface area contributed by atoms with Gasteiger partial charge in [-0.1, -0.05) is 18.0 Å². The van der Waals surface area contributed by atoms with E-state index in [1.807, 2.05) is 0 Å². The van der Waals surface area contributed by atoms with E-state index in [0.29, 0.717) is 22.8 Å². The molecule has 2 aliphatic rings. The summed E-state index contributed by atoms with van der Waals surface area (Å²) < 4.78 is 25.8. The fraction of sp³-hybridized carbons (Fsp3) is 0.562. The van der Waals surface area contributed by atoms with Gasteiger partial charge >= 0.3 is 0 Å². The first-order valence-corrected chi connectivity index (χ1v) is 10.3. The van der Waals surface area contributed by atoms with Gasteiger partial charge in [0.25, 0.3) is 0 Å². The Balaban J connectivity index is 1.70. The molecule has 2 bridgehead atoms. The average Bonchev–Trinajstić information content (AvgIpc) is 3.11. The van der Waals surface area contributed by atoms with Crippen LogP contribution in [0.5, 0.6) is 0 Å². The van der Waals surface area contributed by atoms with Gasteiger partial charge < -0.3 is 10.6 Å². The van der Waals surface area contributed by atoms with Gasteiger partial charge in [0, 0.05) is 25.8 Å². The predicted molar refractivity (Wildman–Crippen MR) is 101 cm³/mol. The highest BCUT2D eigenvalue weighted by Gasteiger charge is 2.39. The lowest BCUT2D eigenvalue weighted by Crippen LogP contribution is -2.40. The summed E-state index contributed by atoms with van der Waals surface area (Å²) in [6.07, 6.45) is 5.09. The second kappa shape index (κ2) is 6.78. The molecule has 0 heterocycles. The number of sulfonamides is 1. The van der Waals surface area contributed by atoms with Crippen molar-refractivity contribution >= 4 is 44.6 Å². The van der Waals surface area contributed by atoms with Crippen molar-refractivity contribution < 1.29 is 8.42 Å². The van der Waals surface area contributed by atoms with Crippen LogP contribution in [0.3, 0.4) is 0 Å². The van der Waals surface area contributed by atoms with Crippen molar-refractivity contribution in [1.82, 2.24) is 9.62 Å². The number of benzene rings is 1. The highest BCUT2D eigenvalue weighted by molar-refractivity contribution is 7.89. The molecule has 0 radical (unpaired) electrons. The number of fused-ring (bicyclic) bond motifs is 2. The van der Waals surface area contributed by atoms with Crippen LogP contribution >= 0.6 is 23.8 Å². The second-order valence-electron chi connectivity index (χ2n) is 6.81. The van der Waals surface area contributed by atoms with Crippen molar-refractivity contribution in [3.63, 3.8) is 0 Å². The van der Waals surface area contributed by atoms with Crippen LogP contribution < -0.4 is 10.6 Å². The first-order valence-electron chi connectivity index (χ1n) is 8.07. The number of nitrogens with zero attached hydrogens (tertiary/aromatic N) is 1. The maximum absolute atomic E-state index is 12.3. The van der Waals surface area contributed by atoms with Crippen LogP contribution in [-0.4, -0.2) is 38.0 Å². The van der Waals surface area contributed by atoms with Crippen LogP contribution in [0.1, 0.15) is 25.7 Å². The smallest absolute Gasteiger partial charge is 0.244 e. The Labute approximate surface area is 153 Å². The zero-order valence-electron chi connectivity index (χ0n) is 13.8. The zero-order valence-corrected chi connectivity index (χ0v) is 16.1. The van der Waals surface area contributed by atoms with E-state index in [1.165, 1.54) is 45.8 Å². The molecule has 0 unspecified atom stereocenters. The number of nitrogens with one attached hydrogen (secondary N) is 2. The molecular formula is C16H22ClN3O2S2. The molecule has 24 heavy (non-hydrogen) atoms. The van der Waals surface area contributed by atoms with Gasteiger partial charge in [0.2, 0.25) is 10.0 Å². The van der Waals surface area contributed by atoms with Gasteiger partial charge in [0.15, 0.2) is 5.11 Å². The number of hydrogen-bond acceptors (Lipinski definition) is 3. The van der Waals surface area contributed by atoms with Gasteiger partial charge in [-0.15, -0.1) is 0 Å². The summed E-state index contributed by atoms with van der Waals surface area (Å²) >= 11 is 11.5. The molecule has 3 atom stereocenters. The molecule has 8 heteroatoms. The Bertz CT molecular complexity index is 752. The van der Waals surface area contributed by atoms with Crippen molar-refractivity contribution in [2.75, 3.05) is 19.4 Å². The molecule has 0 saturated heterocycles. The lowest BCUT2D eigenvalue weighted by atomic mass is 9.96. The highest BCUT2D eigenvalue weighted by Crippen LogP contribution is 2.44. The van der Waals surface area contributed by atoms with Crippen molar-refractivity contribution in [1.29, 1.82) is 0 Å². The Morgan fingerprint density at radius 2 is 2.04 bits per heavy atom. The number of hydrogen-bond donors (Lipinski definition) is 2. The number of anilines is 1. The van der Waals surface area contributed by atoms with E-state index in [1.54, 1.807) is 12.1 Å². The fourth-order valence-electron chi connectivity index (χ4n) is 3.73. The largest absolute Gasteiger partial charge is 0.359 e. The number of rotatable bonds is 4. The Kier molecular flexibility index (Phi) is 5.06. The monoisotopic (exact) mass is 387 g/mol. The highest BCUT2D eigenvalue weighted by atomic mass is 35.5. The van der Waals surface area contributed by atoms with Crippen molar-refractivity contribution in [3.8, 4) is 0 Å². The average molecular weight is 388 g/mol. The summed E-state index contributed by atoms with van der Waals surface area (Å²) in [7, 11) is -0.639. The van der Waals surface area contributed by atoms with E-state index in [0.717, 1.165) is 10.2 Å². The number of thiocarbonyl (C=S) groups is 1. The first-order chi connectivity index (χ1) is 11.3. The molecule has 132 valence electrons. The predicted octanol–water partition coefficient (Wildman–Crippen LogP) is 3.07. The zero-order chi connectivity index (χ0) is 17.5. The quantitative estimate of drug-likeness (QED) is 0.777. The lowest BCUT2D eigenvalue weighted by molar-refractivity contribution is 0.392. The minimum absolute atomic E-state index is 0.0712. The molecular weight excluding hydrogens is 366 g/mol. The lowest BCUT2D eigenvalue weighted by Gasteiger charge is -2.24. The van der Waals surface area contributed by atoms with Crippen LogP contribution in [0.4, 0.5) is 5.69 Å². The van der Waals surface area contributed by atoms with Gasteiger partial charge in [-0.05, 0) is 61.5 Å². The van der Waals surface area contributed by atoms with Crippen LogP contribution in [0.25, 0.3) is 0 Å². The summed E-state index contributed by atoms with van der Waals surface area (Å²) in [5, 5.41) is 7.19. The Morgan fingerprint density at radius 1 is 1.29 bits per heavy atom. The van der Waals surface area contributed by atoms with Crippen LogP contribution in [0, 0.1) is 11.8 Å². The summed E-state index contributed by atoms with van der Waals surface area (Å²) in [5.41, 5.74) is 0.612. The second-order valence-corrected chi connectivity index (χ2v) is 9.75. The molecule has 0 aliphatic heterocycles. The Hall–Kier alpha value is -0.890. The third kappa shape index (κ3) is 3.54. The maximum Gasteiger partial charge on any atom is 0.244 e. The normalized spacial score (nSPS) is 25.9. The van der Waals surface area contributed by atoms with Gasteiger partial charge in [-0.25, -0.2) is 12.7 Å². The van der Waals surface area contributed by atoms with Gasteiger partial charge in [0.05, 0.1) is 5.02 Å². The van der Waals surface area contributed by atoms with Gasteiger partial charge in [0.1, 0.15) is 4.90 Å². The maximum atomic E-state index is 12.3. The third-order valence-corrected chi connectivity index (χ3v) is 7.52. The number of halogens is 1. The van der Waals surface area contributed by atoms with E-state index in [-0.39, 0.29) is 9.92 Å². The third-order valence-electron chi connectivity index (χ3n) is 5.00. The van der Waals surface area contributed by atoms with Crippen molar-refractivity contribution in [2.45, 2.75) is 36.6 Å². The summed E-state index contributed by atoms with van der Waals surface area (Å²) in [4.78, 5) is 0.0712. The van der Waals surface area contributed by atoms with E-state index in [9.17, 15) is 8.42 Å². The minimum Gasteiger partial charge on any atom is -0.359 e. The van der Waals surface area contributed by atoms with Crippen LogP contribution in [-0.2, 0) is 10.0 Å². The van der Waals surface area contributed by atoms with E-state index >= 15 is 0 Å². The molecule has 5 nitrogen and oxygen atoms in total. The molecule has 0 amide bonds. The summed E-state index contributed by atoms with van der Waals surface area (Å²) in [6.45, 7) is 0. The van der Waals surface area contributed by atoms with Crippen LogP contribution in [0.15, 0.2) is 23.1 Å². The SMILES string of the molecule is CN(C)S(=O)(=O)c1cc(NC(=S)N[C@@H]2C[C@@H]3CC[C@@H]2C3)ccc1Cl. The van der Waals surface area contributed by atoms with Gasteiger partial charge in [-0.3, -0.25) is 0 Å². The van der Waals surface area contributed by atoms with E-state index in [2.05, 4.69) is 10.6 Å². The molecule has 2 saturated carbocycles. The topological polar surface area (TPSA) is 61.4 Å². The van der Waals surface area contributed by atoms with Crippen molar-refractivity contribution in [2.24, 2.45) is 11.8 Å². The van der Waals surface area contributed by atoms with Gasteiger partial charge in [-0.2, -0.15) is 0 Å². The molecule has 0 aromatic heterocycles. The molecule has 2 aliphatic carbocycles. The summed E-state index contributed by atoms with van der Waals surface area (Å²) in [6, 6.07) is 5.25. The minimum atomic E-state index is -3.60. The van der Waals surface area contributed by atoms with Crippen molar-refractivity contribution in [3.05, 3.63) is 23.2 Å². The molecule has 2 N–H and O–H groups in total. The standard InChI is InChI=1S/C16H22ClN3O2S2/c1-20(2)24(21,22)15-9-12(5-6-13(15)17)18-16(23)19-14-8-10-3-4-11(14)7-10/h5-6,9-11,14H,3-4,7-8H2,1-2H3,(H2,18,19,23)/t10-,11-,14-/m1/s1. The molecule has 1 aromatic carbocycles. The van der Waals surface area contributed by atoms with Crippen LogP contribution in [0.2, 0.25) is 5.02 Å². The Morgan fingerprint density at radius 3 is 2.62 bits per heavy atom.